The van der Waals surface area contributed by atoms with E-state index < -0.39 is 0 Å². The second-order valence-corrected chi connectivity index (χ2v) is 9.06. The number of para-hydroxylation sites is 1. The molecule has 2 aromatic heterocycles. The van der Waals surface area contributed by atoms with Gasteiger partial charge in [0.2, 0.25) is 5.91 Å². The van der Waals surface area contributed by atoms with Crippen LogP contribution in [0.15, 0.2) is 76.9 Å². The summed E-state index contributed by atoms with van der Waals surface area (Å²) in [7, 11) is 0. The average Bonchev–Trinajstić information content (AvgIpc) is 3.33. The lowest BCUT2D eigenvalue weighted by Gasteiger charge is -2.34. The molecular formula is C24H25N7OS. The summed E-state index contributed by atoms with van der Waals surface area (Å²) in [6, 6.07) is 18.4. The second kappa shape index (κ2) is 9.91. The lowest BCUT2D eigenvalue weighted by molar-refractivity contribution is -0.120. The molecule has 5 rings (SSSR count). The molecule has 0 spiro atoms. The fraction of sp³-hybridized carbons (Fsp3) is 0.250. The van der Waals surface area contributed by atoms with Crippen LogP contribution in [-0.2, 0) is 4.79 Å². The molecule has 0 saturated carbocycles. The number of nitrogens with one attached hydrogen (secondary N) is 3. The van der Waals surface area contributed by atoms with E-state index in [9.17, 15) is 4.79 Å². The smallest absolute Gasteiger partial charge is 0.239 e. The number of hydrogen-bond donors (Lipinski definition) is 3. The minimum Gasteiger partial charge on any atom is -0.375 e. The Morgan fingerprint density at radius 1 is 1.12 bits per heavy atom. The molecule has 9 heteroatoms. The number of amides is 1. The van der Waals surface area contributed by atoms with Gasteiger partial charge in [-0.2, -0.15) is 5.10 Å². The molecule has 4 aromatic rings. The summed E-state index contributed by atoms with van der Waals surface area (Å²) in [4.78, 5) is 25.9. The quantitative estimate of drug-likeness (QED) is 0.388. The van der Waals surface area contributed by atoms with Crippen LogP contribution in [0.4, 0.5) is 11.5 Å². The van der Waals surface area contributed by atoms with Gasteiger partial charge < -0.3 is 15.5 Å². The number of carbonyl (C=O) groups is 1. The third-order valence-corrected chi connectivity index (χ3v) is 6.69. The van der Waals surface area contributed by atoms with Crippen molar-refractivity contribution in [3.8, 4) is 0 Å². The van der Waals surface area contributed by atoms with Crippen LogP contribution in [0.25, 0.3) is 11.0 Å². The predicted molar refractivity (Wildman–Crippen MR) is 131 cm³/mol. The highest BCUT2D eigenvalue weighted by Gasteiger charge is 2.24. The van der Waals surface area contributed by atoms with Crippen LogP contribution in [0, 0.1) is 0 Å². The fourth-order valence-corrected chi connectivity index (χ4v) is 5.01. The summed E-state index contributed by atoms with van der Waals surface area (Å²) in [6.07, 6.45) is 5.23. The molecule has 0 radical (unpaired) electrons. The normalized spacial score (nSPS) is 16.0. The third-order valence-electron chi connectivity index (χ3n) is 5.61. The van der Waals surface area contributed by atoms with Crippen molar-refractivity contribution < 1.29 is 4.79 Å². The number of rotatable bonds is 7. The molecule has 33 heavy (non-hydrogen) atoms. The summed E-state index contributed by atoms with van der Waals surface area (Å²) in [5.41, 5.74) is 1.68. The fourth-order valence-electron chi connectivity index (χ4n) is 4.06. The van der Waals surface area contributed by atoms with Gasteiger partial charge in [0.1, 0.15) is 12.1 Å². The van der Waals surface area contributed by atoms with Gasteiger partial charge in [-0.25, -0.2) is 9.97 Å². The molecule has 0 aliphatic carbocycles. The van der Waals surface area contributed by atoms with E-state index in [1.807, 2.05) is 36.4 Å². The molecule has 0 unspecified atom stereocenters. The zero-order valence-electron chi connectivity index (χ0n) is 18.1. The molecule has 3 heterocycles. The SMILES string of the molecule is O=C(CNc1ccccc1Sc1ccccc1)N[C@@H]1CCCN(c2ncnc3[nH]ncc23)C1. The molecule has 1 aliphatic heterocycles. The standard InChI is InChI=1S/C24H25N7OS/c32-22(14-25-20-10-4-5-11-21(20)33-18-8-2-1-3-9-18)29-17-7-6-12-31(15-17)24-19-13-28-30-23(19)26-16-27-24/h1-5,8-11,13,16-17,25H,6-7,12,14-15H2,(H,29,32)(H,26,27,28,30)/t17-/m1/s1. The Morgan fingerprint density at radius 2 is 1.97 bits per heavy atom. The van der Waals surface area contributed by atoms with Gasteiger partial charge >= 0.3 is 0 Å². The van der Waals surface area contributed by atoms with E-state index in [1.165, 1.54) is 0 Å². The first-order chi connectivity index (χ1) is 16.3. The van der Waals surface area contributed by atoms with Crippen LogP contribution in [0.2, 0.25) is 0 Å². The van der Waals surface area contributed by atoms with Crippen LogP contribution in [-0.4, -0.2) is 51.7 Å². The van der Waals surface area contributed by atoms with Crippen LogP contribution in [0.5, 0.6) is 0 Å². The van der Waals surface area contributed by atoms with Crippen molar-refractivity contribution in [2.75, 3.05) is 29.9 Å². The number of anilines is 2. The van der Waals surface area contributed by atoms with E-state index >= 15 is 0 Å². The molecule has 1 atom stereocenters. The number of aromatic amines is 1. The van der Waals surface area contributed by atoms with Gasteiger partial charge in [0.15, 0.2) is 5.65 Å². The first-order valence-electron chi connectivity index (χ1n) is 11.0. The molecule has 2 aromatic carbocycles. The van der Waals surface area contributed by atoms with Gasteiger partial charge in [0.05, 0.1) is 18.1 Å². The van der Waals surface area contributed by atoms with Gasteiger partial charge in [0.25, 0.3) is 0 Å². The van der Waals surface area contributed by atoms with Gasteiger partial charge in [0, 0.05) is 34.6 Å². The monoisotopic (exact) mass is 459 g/mol. The molecule has 168 valence electrons. The number of fused-ring (bicyclic) bond motifs is 1. The van der Waals surface area contributed by atoms with Gasteiger partial charge in [-0.3, -0.25) is 9.89 Å². The summed E-state index contributed by atoms with van der Waals surface area (Å²) >= 11 is 1.68. The molecule has 1 fully saturated rings. The maximum atomic E-state index is 12.7. The van der Waals surface area contributed by atoms with E-state index in [4.69, 9.17) is 0 Å². The number of hydrogen-bond acceptors (Lipinski definition) is 7. The highest BCUT2D eigenvalue weighted by molar-refractivity contribution is 7.99. The minimum atomic E-state index is -0.0162. The van der Waals surface area contributed by atoms with Crippen molar-refractivity contribution in [1.82, 2.24) is 25.5 Å². The summed E-state index contributed by atoms with van der Waals surface area (Å²) < 4.78 is 0. The Bertz CT molecular complexity index is 1230. The number of benzene rings is 2. The maximum absolute atomic E-state index is 12.7. The zero-order valence-corrected chi connectivity index (χ0v) is 18.9. The maximum Gasteiger partial charge on any atom is 0.239 e. The Labute approximate surface area is 196 Å². The lowest BCUT2D eigenvalue weighted by atomic mass is 10.1. The molecule has 8 nitrogen and oxygen atoms in total. The Kier molecular flexibility index (Phi) is 6.39. The van der Waals surface area contributed by atoms with Crippen molar-refractivity contribution in [1.29, 1.82) is 0 Å². The summed E-state index contributed by atoms with van der Waals surface area (Å²) in [5.74, 6) is 0.843. The van der Waals surface area contributed by atoms with Crippen LogP contribution < -0.4 is 15.5 Å². The highest BCUT2D eigenvalue weighted by atomic mass is 32.2. The summed E-state index contributed by atoms with van der Waals surface area (Å²) in [6.45, 7) is 1.83. The number of carbonyl (C=O) groups excluding carboxylic acids is 1. The predicted octanol–water partition coefficient (Wildman–Crippen LogP) is 3.70. The zero-order chi connectivity index (χ0) is 22.5. The van der Waals surface area contributed by atoms with Crippen LogP contribution in [0.3, 0.4) is 0 Å². The van der Waals surface area contributed by atoms with Crippen molar-refractivity contribution in [2.45, 2.75) is 28.7 Å². The minimum absolute atomic E-state index is 0.0162. The van der Waals surface area contributed by atoms with E-state index in [1.54, 1.807) is 24.3 Å². The van der Waals surface area contributed by atoms with E-state index in [0.29, 0.717) is 6.54 Å². The van der Waals surface area contributed by atoms with Gasteiger partial charge in [-0.1, -0.05) is 42.1 Å². The number of piperidine rings is 1. The number of nitrogens with zero attached hydrogens (tertiary/aromatic N) is 4. The Hall–Kier alpha value is -3.59. The molecule has 3 N–H and O–H groups in total. The Morgan fingerprint density at radius 3 is 2.88 bits per heavy atom. The average molecular weight is 460 g/mol. The first-order valence-corrected chi connectivity index (χ1v) is 11.8. The third kappa shape index (κ3) is 5.09. The topological polar surface area (TPSA) is 98.8 Å². The Balaban J connectivity index is 1.18. The second-order valence-electron chi connectivity index (χ2n) is 7.95. The largest absolute Gasteiger partial charge is 0.375 e. The van der Waals surface area contributed by atoms with Crippen LogP contribution >= 0.6 is 11.8 Å². The van der Waals surface area contributed by atoms with Crippen molar-refractivity contribution in [3.63, 3.8) is 0 Å². The van der Waals surface area contributed by atoms with E-state index in [2.05, 4.69) is 53.9 Å². The molecule has 0 bridgehead atoms. The number of aromatic nitrogens is 4. The molecule has 1 saturated heterocycles. The van der Waals surface area contributed by atoms with Crippen molar-refractivity contribution in [2.24, 2.45) is 0 Å². The molecular weight excluding hydrogens is 434 g/mol. The number of H-pyrrole nitrogens is 1. The lowest BCUT2D eigenvalue weighted by Crippen LogP contribution is -2.49. The van der Waals surface area contributed by atoms with E-state index in [-0.39, 0.29) is 18.5 Å². The first kappa shape index (κ1) is 21.3. The summed E-state index contributed by atoms with van der Waals surface area (Å²) in [5, 5.41) is 14.4. The van der Waals surface area contributed by atoms with Gasteiger partial charge in [-0.15, -0.1) is 0 Å². The van der Waals surface area contributed by atoms with Crippen molar-refractivity contribution in [3.05, 3.63) is 67.1 Å². The van der Waals surface area contributed by atoms with Gasteiger partial charge in [-0.05, 0) is 37.1 Å². The molecule has 1 aliphatic rings. The van der Waals surface area contributed by atoms with E-state index in [0.717, 1.165) is 51.7 Å². The van der Waals surface area contributed by atoms with Crippen molar-refractivity contribution >= 4 is 40.2 Å². The molecule has 1 amide bonds. The van der Waals surface area contributed by atoms with Crippen LogP contribution in [0.1, 0.15) is 12.8 Å². The highest BCUT2D eigenvalue weighted by Crippen LogP contribution is 2.33.